The zero-order valence-electron chi connectivity index (χ0n) is 10.4. The summed E-state index contributed by atoms with van der Waals surface area (Å²) in [6.07, 6.45) is 2.76. The SMILES string of the molecule is CCC1(C(=O)N2CCOCC2CO)CCCN1. The van der Waals surface area contributed by atoms with Crippen molar-refractivity contribution in [1.82, 2.24) is 10.2 Å². The molecule has 2 saturated heterocycles. The first-order valence-electron chi connectivity index (χ1n) is 6.48. The summed E-state index contributed by atoms with van der Waals surface area (Å²) in [5, 5.41) is 12.7. The summed E-state index contributed by atoms with van der Waals surface area (Å²) in [6, 6.07) is -0.179. The Morgan fingerprint density at radius 1 is 1.65 bits per heavy atom. The van der Waals surface area contributed by atoms with Gasteiger partial charge in [-0.05, 0) is 25.8 Å². The molecule has 2 N–H and O–H groups in total. The fourth-order valence-corrected chi connectivity index (χ4v) is 2.79. The van der Waals surface area contributed by atoms with Crippen LogP contribution in [0.4, 0.5) is 0 Å². The Bertz CT molecular complexity index is 277. The molecular weight excluding hydrogens is 220 g/mol. The topological polar surface area (TPSA) is 61.8 Å². The summed E-state index contributed by atoms with van der Waals surface area (Å²) < 4.78 is 5.31. The van der Waals surface area contributed by atoms with Crippen LogP contribution in [0.2, 0.25) is 0 Å². The first-order valence-corrected chi connectivity index (χ1v) is 6.48. The average Bonchev–Trinajstić information content (AvgIpc) is 2.88. The Morgan fingerprint density at radius 2 is 2.47 bits per heavy atom. The predicted molar refractivity (Wildman–Crippen MR) is 63.7 cm³/mol. The summed E-state index contributed by atoms with van der Waals surface area (Å²) in [5.74, 6) is 0.139. The smallest absolute Gasteiger partial charge is 0.243 e. The van der Waals surface area contributed by atoms with Gasteiger partial charge >= 0.3 is 0 Å². The molecule has 1 amide bonds. The number of rotatable bonds is 3. The molecule has 2 aliphatic heterocycles. The lowest BCUT2D eigenvalue weighted by atomic mass is 9.91. The monoisotopic (exact) mass is 242 g/mol. The van der Waals surface area contributed by atoms with Crippen LogP contribution in [-0.2, 0) is 9.53 Å². The fraction of sp³-hybridized carbons (Fsp3) is 0.917. The summed E-state index contributed by atoms with van der Waals surface area (Å²) in [4.78, 5) is 14.4. The number of nitrogens with one attached hydrogen (secondary N) is 1. The lowest BCUT2D eigenvalue weighted by molar-refractivity contribution is -0.148. The van der Waals surface area contributed by atoms with Gasteiger partial charge in [0.2, 0.25) is 5.91 Å². The van der Waals surface area contributed by atoms with Gasteiger partial charge in [0.15, 0.2) is 0 Å². The maximum Gasteiger partial charge on any atom is 0.243 e. The molecule has 2 heterocycles. The normalized spacial score (nSPS) is 34.0. The number of aliphatic hydroxyl groups excluding tert-OH is 1. The third-order valence-corrected chi connectivity index (χ3v) is 3.96. The largest absolute Gasteiger partial charge is 0.394 e. The van der Waals surface area contributed by atoms with Crippen LogP contribution in [0.1, 0.15) is 26.2 Å². The van der Waals surface area contributed by atoms with Crippen LogP contribution in [0.15, 0.2) is 0 Å². The standard InChI is InChI=1S/C12H22N2O3/c1-2-12(4-3-5-13-12)11(16)14-6-7-17-9-10(14)8-15/h10,13,15H,2-9H2,1H3. The summed E-state index contributed by atoms with van der Waals surface area (Å²) >= 11 is 0. The van der Waals surface area contributed by atoms with Crippen molar-refractivity contribution in [2.45, 2.75) is 37.8 Å². The molecule has 2 fully saturated rings. The maximum atomic E-state index is 12.6. The summed E-state index contributed by atoms with van der Waals surface area (Å²) in [6.45, 7) is 4.54. The van der Waals surface area contributed by atoms with Crippen LogP contribution in [0, 0.1) is 0 Å². The van der Waals surface area contributed by atoms with Crippen molar-refractivity contribution in [3.05, 3.63) is 0 Å². The third kappa shape index (κ3) is 2.32. The van der Waals surface area contributed by atoms with E-state index in [1.807, 2.05) is 6.92 Å². The van der Waals surface area contributed by atoms with Crippen LogP contribution in [0.3, 0.4) is 0 Å². The maximum absolute atomic E-state index is 12.6. The van der Waals surface area contributed by atoms with Crippen LogP contribution < -0.4 is 5.32 Å². The van der Waals surface area contributed by atoms with E-state index in [1.165, 1.54) is 0 Å². The molecule has 2 unspecified atom stereocenters. The number of carbonyl (C=O) groups is 1. The van der Waals surface area contributed by atoms with Crippen LogP contribution >= 0.6 is 0 Å². The molecule has 0 aliphatic carbocycles. The van der Waals surface area contributed by atoms with Crippen molar-refractivity contribution in [1.29, 1.82) is 0 Å². The predicted octanol–water partition coefficient (Wildman–Crippen LogP) is -0.262. The first-order chi connectivity index (χ1) is 8.23. The number of aliphatic hydroxyl groups is 1. The molecule has 5 nitrogen and oxygen atoms in total. The van der Waals surface area contributed by atoms with E-state index >= 15 is 0 Å². The van der Waals surface area contributed by atoms with E-state index in [2.05, 4.69) is 5.32 Å². The second-order valence-corrected chi connectivity index (χ2v) is 4.88. The van der Waals surface area contributed by atoms with Gasteiger partial charge in [0.1, 0.15) is 0 Å². The van der Waals surface area contributed by atoms with Crippen molar-refractivity contribution in [2.24, 2.45) is 0 Å². The zero-order valence-corrected chi connectivity index (χ0v) is 10.4. The summed E-state index contributed by atoms with van der Waals surface area (Å²) in [5.41, 5.74) is -0.398. The molecule has 0 aromatic rings. The zero-order chi connectivity index (χ0) is 12.3. The molecule has 0 radical (unpaired) electrons. The number of carbonyl (C=O) groups excluding carboxylic acids is 1. The highest BCUT2D eigenvalue weighted by molar-refractivity contribution is 5.87. The van der Waals surface area contributed by atoms with Gasteiger partial charge in [0.05, 0.1) is 31.4 Å². The fourth-order valence-electron chi connectivity index (χ4n) is 2.79. The highest BCUT2D eigenvalue weighted by Crippen LogP contribution is 2.27. The third-order valence-electron chi connectivity index (χ3n) is 3.96. The highest BCUT2D eigenvalue weighted by Gasteiger charge is 2.43. The van der Waals surface area contributed by atoms with Gasteiger partial charge in [-0.3, -0.25) is 4.79 Å². The van der Waals surface area contributed by atoms with Crippen molar-refractivity contribution in [3.8, 4) is 0 Å². The molecule has 0 saturated carbocycles. The number of nitrogens with zero attached hydrogens (tertiary/aromatic N) is 1. The van der Waals surface area contributed by atoms with Gasteiger partial charge in [-0.15, -0.1) is 0 Å². The van der Waals surface area contributed by atoms with E-state index < -0.39 is 5.54 Å². The lowest BCUT2D eigenvalue weighted by Crippen LogP contribution is -2.60. The van der Waals surface area contributed by atoms with Gasteiger partial charge in [-0.1, -0.05) is 6.92 Å². The Balaban J connectivity index is 2.11. The molecule has 98 valence electrons. The second kappa shape index (κ2) is 5.33. The first kappa shape index (κ1) is 12.8. The number of ether oxygens (including phenoxy) is 1. The minimum atomic E-state index is -0.398. The Labute approximate surface area is 102 Å². The molecular formula is C12H22N2O3. The van der Waals surface area contributed by atoms with Crippen molar-refractivity contribution in [3.63, 3.8) is 0 Å². The lowest BCUT2D eigenvalue weighted by Gasteiger charge is -2.40. The van der Waals surface area contributed by atoms with Crippen LogP contribution in [-0.4, -0.2) is 60.4 Å². The van der Waals surface area contributed by atoms with Crippen LogP contribution in [0.5, 0.6) is 0 Å². The van der Waals surface area contributed by atoms with Crippen molar-refractivity contribution in [2.75, 3.05) is 32.9 Å². The van der Waals surface area contributed by atoms with Crippen molar-refractivity contribution >= 4 is 5.91 Å². The number of amides is 1. The molecule has 5 heteroatoms. The Morgan fingerprint density at radius 3 is 3.06 bits per heavy atom. The van der Waals surface area contributed by atoms with E-state index in [4.69, 9.17) is 4.74 Å². The van der Waals surface area contributed by atoms with Gasteiger partial charge in [0.25, 0.3) is 0 Å². The van der Waals surface area contributed by atoms with Gasteiger partial charge in [-0.2, -0.15) is 0 Å². The minimum Gasteiger partial charge on any atom is -0.394 e. The molecule has 17 heavy (non-hydrogen) atoms. The molecule has 2 aliphatic rings. The Kier molecular flexibility index (Phi) is 4.01. The molecule has 0 aromatic heterocycles. The molecule has 2 atom stereocenters. The average molecular weight is 242 g/mol. The number of hydrogen-bond donors (Lipinski definition) is 2. The summed E-state index contributed by atoms with van der Waals surface area (Å²) in [7, 11) is 0. The molecule has 0 aromatic carbocycles. The molecule has 0 bridgehead atoms. The molecule has 0 spiro atoms. The molecule has 2 rings (SSSR count). The van der Waals surface area contributed by atoms with Crippen molar-refractivity contribution < 1.29 is 14.6 Å². The number of hydrogen-bond acceptors (Lipinski definition) is 4. The van der Waals surface area contributed by atoms with E-state index in [-0.39, 0.29) is 18.6 Å². The highest BCUT2D eigenvalue weighted by atomic mass is 16.5. The van der Waals surface area contributed by atoms with E-state index in [0.717, 1.165) is 25.8 Å². The van der Waals surface area contributed by atoms with Gasteiger partial charge in [-0.25, -0.2) is 0 Å². The van der Waals surface area contributed by atoms with Gasteiger partial charge in [0, 0.05) is 6.54 Å². The van der Waals surface area contributed by atoms with E-state index in [1.54, 1.807) is 4.90 Å². The Hall–Kier alpha value is -0.650. The van der Waals surface area contributed by atoms with E-state index in [9.17, 15) is 9.90 Å². The second-order valence-electron chi connectivity index (χ2n) is 4.88. The van der Waals surface area contributed by atoms with Crippen LogP contribution in [0.25, 0.3) is 0 Å². The minimum absolute atomic E-state index is 0.0223. The van der Waals surface area contributed by atoms with Gasteiger partial charge < -0.3 is 20.1 Å². The van der Waals surface area contributed by atoms with E-state index in [0.29, 0.717) is 19.8 Å². The quantitative estimate of drug-likeness (QED) is 0.716. The number of morpholine rings is 1.